The molecule has 0 aliphatic carbocycles. The minimum absolute atomic E-state index is 0.889. The van der Waals surface area contributed by atoms with Gasteiger partial charge in [-0.3, -0.25) is 0 Å². The first-order valence-electron chi connectivity index (χ1n) is 21.5. The van der Waals surface area contributed by atoms with E-state index in [9.17, 15) is 0 Å². The highest BCUT2D eigenvalue weighted by atomic mass is 16.3. The molecule has 0 N–H and O–H groups in total. The van der Waals surface area contributed by atoms with Crippen molar-refractivity contribution in [3.63, 3.8) is 0 Å². The minimum atomic E-state index is 0.889. The average molecular weight is 805 g/mol. The molecule has 0 aliphatic heterocycles. The number of aromatic nitrogens is 1. The maximum absolute atomic E-state index is 6.60. The van der Waals surface area contributed by atoms with Crippen LogP contribution in [0, 0.1) is 0 Å². The molecule has 0 amide bonds. The molecule has 3 heteroatoms. The minimum Gasteiger partial charge on any atom is -0.454 e. The van der Waals surface area contributed by atoms with E-state index in [1.807, 2.05) is 6.07 Å². The number of benzene rings is 10. The van der Waals surface area contributed by atoms with Crippen molar-refractivity contribution in [1.29, 1.82) is 0 Å². The van der Waals surface area contributed by atoms with E-state index in [4.69, 9.17) is 4.42 Å². The zero-order valence-corrected chi connectivity index (χ0v) is 34.4. The van der Waals surface area contributed by atoms with Crippen LogP contribution in [-0.2, 0) is 0 Å². The van der Waals surface area contributed by atoms with Crippen LogP contribution in [0.25, 0.3) is 93.9 Å². The Kier molecular flexibility index (Phi) is 8.83. The maximum atomic E-state index is 6.60. The molecule has 3 nitrogen and oxygen atoms in total. The fraction of sp³-hybridized carbons (Fsp3) is 0. The van der Waals surface area contributed by atoms with E-state index in [0.717, 1.165) is 72.4 Å². The molecule has 0 aliphatic rings. The van der Waals surface area contributed by atoms with Gasteiger partial charge in [-0.25, -0.2) is 0 Å². The summed E-state index contributed by atoms with van der Waals surface area (Å²) in [6.45, 7) is 0. The van der Waals surface area contributed by atoms with Crippen LogP contribution < -0.4 is 4.90 Å². The first kappa shape index (κ1) is 36.5. The van der Waals surface area contributed by atoms with E-state index in [2.05, 4.69) is 246 Å². The third-order valence-electron chi connectivity index (χ3n) is 12.4. The number of para-hydroxylation sites is 5. The van der Waals surface area contributed by atoms with E-state index >= 15 is 0 Å². The summed E-state index contributed by atoms with van der Waals surface area (Å²) in [6.07, 6.45) is 0. The van der Waals surface area contributed by atoms with Crippen molar-refractivity contribution < 1.29 is 4.42 Å². The van der Waals surface area contributed by atoms with Crippen LogP contribution in [0.15, 0.2) is 247 Å². The predicted molar refractivity (Wildman–Crippen MR) is 264 cm³/mol. The normalized spacial score (nSPS) is 11.5. The molecule has 0 unspecified atom stereocenters. The zero-order valence-electron chi connectivity index (χ0n) is 34.4. The fourth-order valence-corrected chi connectivity index (χ4v) is 9.49. The second-order valence-corrected chi connectivity index (χ2v) is 16.1. The summed E-state index contributed by atoms with van der Waals surface area (Å²) in [7, 11) is 0. The van der Waals surface area contributed by atoms with Crippen molar-refractivity contribution in [3.05, 3.63) is 243 Å². The van der Waals surface area contributed by atoms with E-state index < -0.39 is 0 Å². The molecule has 0 fully saturated rings. The number of hydrogen-bond acceptors (Lipinski definition) is 2. The summed E-state index contributed by atoms with van der Waals surface area (Å²) in [5.41, 5.74) is 17.8. The summed E-state index contributed by atoms with van der Waals surface area (Å²) in [4.78, 5) is 2.37. The first-order valence-corrected chi connectivity index (χ1v) is 21.5. The smallest absolute Gasteiger partial charge is 0.159 e. The van der Waals surface area contributed by atoms with Crippen LogP contribution in [0.4, 0.5) is 17.1 Å². The number of anilines is 3. The molecule has 296 valence electrons. The number of nitrogens with zero attached hydrogens (tertiary/aromatic N) is 2. The Hall–Kier alpha value is -8.40. The molecule has 0 saturated carbocycles. The third kappa shape index (κ3) is 6.29. The summed E-state index contributed by atoms with van der Waals surface area (Å²) in [6, 6.07) is 87.0. The molecule has 12 aromatic rings. The highest BCUT2D eigenvalue weighted by Gasteiger charge is 2.21. The van der Waals surface area contributed by atoms with Gasteiger partial charge in [-0.05, 0) is 99.6 Å². The molecular formula is C60H40N2O. The molecular weight excluding hydrogens is 765 g/mol. The third-order valence-corrected chi connectivity index (χ3v) is 12.4. The molecule has 0 atom stereocenters. The highest BCUT2D eigenvalue weighted by Crippen LogP contribution is 2.45. The first-order chi connectivity index (χ1) is 31.3. The van der Waals surface area contributed by atoms with Crippen LogP contribution >= 0.6 is 0 Å². The van der Waals surface area contributed by atoms with Crippen molar-refractivity contribution in [1.82, 2.24) is 4.57 Å². The second-order valence-electron chi connectivity index (χ2n) is 16.1. The summed E-state index contributed by atoms with van der Waals surface area (Å²) >= 11 is 0. The monoisotopic (exact) mass is 804 g/mol. The van der Waals surface area contributed by atoms with Gasteiger partial charge in [0.1, 0.15) is 5.58 Å². The van der Waals surface area contributed by atoms with Crippen molar-refractivity contribution in [2.24, 2.45) is 0 Å². The van der Waals surface area contributed by atoms with Crippen molar-refractivity contribution >= 4 is 60.8 Å². The van der Waals surface area contributed by atoms with Gasteiger partial charge in [0, 0.05) is 38.5 Å². The molecule has 0 bridgehead atoms. The summed E-state index contributed by atoms with van der Waals surface area (Å²) in [5.74, 6) is 0. The molecule has 63 heavy (non-hydrogen) atoms. The topological polar surface area (TPSA) is 21.3 Å². The Balaban J connectivity index is 0.958. The Labute approximate surface area is 366 Å². The Morgan fingerprint density at radius 3 is 1.62 bits per heavy atom. The van der Waals surface area contributed by atoms with Crippen LogP contribution in [-0.4, -0.2) is 4.57 Å². The number of hydrogen-bond donors (Lipinski definition) is 0. The molecule has 0 spiro atoms. The largest absolute Gasteiger partial charge is 0.454 e. The maximum Gasteiger partial charge on any atom is 0.159 e. The lowest BCUT2D eigenvalue weighted by Gasteiger charge is -2.28. The van der Waals surface area contributed by atoms with E-state index in [1.165, 1.54) is 38.6 Å². The van der Waals surface area contributed by atoms with Gasteiger partial charge < -0.3 is 13.9 Å². The van der Waals surface area contributed by atoms with Crippen molar-refractivity contribution in [2.45, 2.75) is 0 Å². The highest BCUT2D eigenvalue weighted by molar-refractivity contribution is 6.17. The Morgan fingerprint density at radius 1 is 0.333 bits per heavy atom. The number of furan rings is 1. The molecule has 0 radical (unpaired) electrons. The lowest BCUT2D eigenvalue weighted by Crippen LogP contribution is -2.11. The van der Waals surface area contributed by atoms with E-state index in [1.54, 1.807) is 0 Å². The molecule has 2 aromatic heterocycles. The van der Waals surface area contributed by atoms with Crippen LogP contribution in [0.1, 0.15) is 0 Å². The van der Waals surface area contributed by atoms with Crippen LogP contribution in [0.2, 0.25) is 0 Å². The average Bonchev–Trinajstić information content (AvgIpc) is 3.91. The van der Waals surface area contributed by atoms with Gasteiger partial charge in [-0.1, -0.05) is 182 Å². The Bertz CT molecular complexity index is 3600. The van der Waals surface area contributed by atoms with Gasteiger partial charge in [-0.2, -0.15) is 0 Å². The van der Waals surface area contributed by atoms with Crippen molar-refractivity contribution in [2.75, 3.05) is 4.90 Å². The van der Waals surface area contributed by atoms with Gasteiger partial charge in [-0.15, -0.1) is 0 Å². The molecule has 2 heterocycles. The lowest BCUT2D eigenvalue weighted by atomic mass is 9.94. The Morgan fingerprint density at radius 2 is 0.841 bits per heavy atom. The van der Waals surface area contributed by atoms with Gasteiger partial charge in [0.2, 0.25) is 0 Å². The SMILES string of the molecule is c1ccc(-c2ccc(-c3ccc(N(c4ccccc4)c4ccccc4-c4cccc(-c5cccc6c5c5ccccc5n6-c5cccc6c5oc5ccccc56)c4)cc3)cc2)cc1. The van der Waals surface area contributed by atoms with Crippen molar-refractivity contribution in [3.8, 4) is 50.2 Å². The van der Waals surface area contributed by atoms with Gasteiger partial charge in [0.25, 0.3) is 0 Å². The van der Waals surface area contributed by atoms with Gasteiger partial charge in [0.15, 0.2) is 5.58 Å². The number of rotatable bonds is 8. The zero-order chi connectivity index (χ0) is 41.7. The van der Waals surface area contributed by atoms with E-state index in [0.29, 0.717) is 0 Å². The quantitative estimate of drug-likeness (QED) is 0.153. The fourth-order valence-electron chi connectivity index (χ4n) is 9.49. The summed E-state index contributed by atoms with van der Waals surface area (Å²) < 4.78 is 8.97. The predicted octanol–water partition coefficient (Wildman–Crippen LogP) is 16.8. The molecule has 12 rings (SSSR count). The second kappa shape index (κ2) is 15.3. The van der Waals surface area contributed by atoms with Crippen LogP contribution in [0.3, 0.4) is 0 Å². The van der Waals surface area contributed by atoms with Gasteiger partial charge >= 0.3 is 0 Å². The molecule has 0 saturated heterocycles. The number of fused-ring (bicyclic) bond motifs is 6. The summed E-state index contributed by atoms with van der Waals surface area (Å²) in [5, 5.41) is 4.66. The van der Waals surface area contributed by atoms with E-state index in [-0.39, 0.29) is 0 Å². The molecule has 10 aromatic carbocycles. The lowest BCUT2D eigenvalue weighted by molar-refractivity contribution is 0.666. The van der Waals surface area contributed by atoms with Gasteiger partial charge in [0.05, 0.1) is 22.4 Å². The standard InChI is InChI=1S/C60H40N2O/c1-3-16-41(17-4-1)42-32-34-43(35-33-42)44-36-38-48(39-37-44)61(47-20-5-2-6-21-47)54-27-10-7-22-49(54)45-18-13-19-46(40-45)50-25-14-29-56-59(50)53-24-8-11-28-55(53)62(56)57-30-15-26-52-51-23-9-12-31-58(51)63-60(52)57/h1-40H. The van der Waals surface area contributed by atoms with Crippen LogP contribution in [0.5, 0.6) is 0 Å².